The van der Waals surface area contributed by atoms with E-state index in [0.29, 0.717) is 17.3 Å². The molecule has 32 heavy (non-hydrogen) atoms. The van der Waals surface area contributed by atoms with E-state index in [0.717, 1.165) is 64.5 Å². The fourth-order valence-corrected chi connectivity index (χ4v) is 5.31. The number of aliphatic hydroxyl groups is 1. The number of benzene rings is 1. The Hall–Kier alpha value is -2.31. The molecule has 172 valence electrons. The first kappa shape index (κ1) is 22.9. The first-order valence-corrected chi connectivity index (χ1v) is 12.1. The van der Waals surface area contributed by atoms with Gasteiger partial charge in [0.15, 0.2) is 5.60 Å². The predicted molar refractivity (Wildman–Crippen MR) is 123 cm³/mol. The van der Waals surface area contributed by atoms with E-state index in [1.54, 1.807) is 18.5 Å². The molecule has 1 saturated carbocycles. The van der Waals surface area contributed by atoms with Crippen molar-refractivity contribution >= 4 is 5.97 Å². The Morgan fingerprint density at radius 2 is 1.72 bits per heavy atom. The number of ether oxygens (including phenoxy) is 1. The van der Waals surface area contributed by atoms with Gasteiger partial charge in [0.1, 0.15) is 12.4 Å². The van der Waals surface area contributed by atoms with Gasteiger partial charge in [-0.1, -0.05) is 49.6 Å². The van der Waals surface area contributed by atoms with Crippen LogP contribution in [-0.2, 0) is 15.1 Å². The van der Waals surface area contributed by atoms with E-state index in [-0.39, 0.29) is 18.4 Å². The summed E-state index contributed by atoms with van der Waals surface area (Å²) >= 11 is 0. The number of carbonyl (C=O) groups excluding carboxylic acids is 1. The average molecular weight is 438 g/mol. The number of nitrogens with one attached hydrogen (secondary N) is 1. The number of carbonyl (C=O) groups is 1. The van der Waals surface area contributed by atoms with Crippen molar-refractivity contribution in [3.05, 3.63) is 60.2 Å². The third kappa shape index (κ3) is 5.36. The van der Waals surface area contributed by atoms with Crippen molar-refractivity contribution < 1.29 is 14.6 Å². The highest BCUT2D eigenvalue weighted by atomic mass is 16.5. The molecule has 1 aromatic heterocycles. The Morgan fingerprint density at radius 3 is 2.41 bits per heavy atom. The van der Waals surface area contributed by atoms with Crippen molar-refractivity contribution in [1.82, 2.24) is 15.3 Å². The van der Waals surface area contributed by atoms with Gasteiger partial charge in [0.05, 0.1) is 5.92 Å². The smallest absolute Gasteiger partial charge is 0.343 e. The summed E-state index contributed by atoms with van der Waals surface area (Å²) in [5, 5.41) is 15.2. The van der Waals surface area contributed by atoms with E-state index in [4.69, 9.17) is 4.74 Å². The van der Waals surface area contributed by atoms with Crippen LogP contribution in [0.2, 0.25) is 0 Å². The Bertz CT molecular complexity index is 836. The lowest BCUT2D eigenvalue weighted by atomic mass is 9.73. The average Bonchev–Trinajstić information content (AvgIpc) is 2.88. The van der Waals surface area contributed by atoms with Crippen LogP contribution in [0.4, 0.5) is 0 Å². The summed E-state index contributed by atoms with van der Waals surface area (Å²) in [6.45, 7) is 2.22. The van der Waals surface area contributed by atoms with Crippen LogP contribution in [0, 0.1) is 11.8 Å². The predicted octanol–water partition coefficient (Wildman–Crippen LogP) is 3.96. The van der Waals surface area contributed by atoms with Crippen LogP contribution in [0.5, 0.6) is 0 Å². The van der Waals surface area contributed by atoms with Gasteiger partial charge in [0, 0.05) is 18.3 Å². The molecular weight excluding hydrogens is 402 g/mol. The molecule has 2 unspecified atom stereocenters. The van der Waals surface area contributed by atoms with Gasteiger partial charge in [-0.3, -0.25) is 0 Å². The number of nitrogens with zero attached hydrogens (tertiary/aromatic N) is 2. The largest absolute Gasteiger partial charge is 0.463 e. The van der Waals surface area contributed by atoms with E-state index < -0.39 is 11.6 Å². The summed E-state index contributed by atoms with van der Waals surface area (Å²) in [6, 6.07) is 11.1. The number of esters is 1. The highest BCUT2D eigenvalue weighted by molar-refractivity contribution is 5.81. The van der Waals surface area contributed by atoms with Crippen LogP contribution >= 0.6 is 0 Å². The van der Waals surface area contributed by atoms with Crippen molar-refractivity contribution in [2.24, 2.45) is 11.8 Å². The molecule has 0 radical (unpaired) electrons. The summed E-state index contributed by atoms with van der Waals surface area (Å²) in [5.41, 5.74) is -0.985. The monoisotopic (exact) mass is 437 g/mol. The standard InChI is InChI=1S/C26H35N3O3/c30-25(26(31,22-8-3-1-4-9-22)23-10-5-2-6-11-23)32-19-21(24-28-14-7-15-29-24)18-20-12-16-27-17-13-20/h1,3-4,7-9,14-15,20-21,23,27,31H,2,5-6,10-13,16-19H2. The lowest BCUT2D eigenvalue weighted by molar-refractivity contribution is -0.176. The molecule has 6 nitrogen and oxygen atoms in total. The topological polar surface area (TPSA) is 84.3 Å². The van der Waals surface area contributed by atoms with Gasteiger partial charge in [0.25, 0.3) is 0 Å². The van der Waals surface area contributed by atoms with Crippen molar-refractivity contribution in [3.8, 4) is 0 Å². The van der Waals surface area contributed by atoms with E-state index >= 15 is 0 Å². The molecule has 2 N–H and O–H groups in total. The molecule has 1 aliphatic carbocycles. The maximum absolute atomic E-state index is 13.5. The summed E-state index contributed by atoms with van der Waals surface area (Å²) < 4.78 is 5.89. The Balaban J connectivity index is 1.51. The second-order valence-corrected chi connectivity index (χ2v) is 9.30. The number of rotatable bonds is 8. The van der Waals surface area contributed by atoms with E-state index in [1.165, 1.54) is 0 Å². The van der Waals surface area contributed by atoms with Gasteiger partial charge in [0.2, 0.25) is 0 Å². The van der Waals surface area contributed by atoms with Gasteiger partial charge in [-0.15, -0.1) is 0 Å². The molecule has 2 fully saturated rings. The van der Waals surface area contributed by atoms with Gasteiger partial charge >= 0.3 is 5.97 Å². The van der Waals surface area contributed by atoms with Crippen LogP contribution in [0.25, 0.3) is 0 Å². The molecule has 1 aliphatic heterocycles. The normalized spacial score (nSPS) is 20.9. The molecule has 0 amide bonds. The molecule has 0 spiro atoms. The summed E-state index contributed by atoms with van der Waals surface area (Å²) in [6.07, 6.45) is 11.4. The van der Waals surface area contributed by atoms with Crippen LogP contribution < -0.4 is 5.32 Å². The molecule has 1 aromatic carbocycles. The first-order valence-electron chi connectivity index (χ1n) is 12.1. The molecule has 1 saturated heterocycles. The molecular formula is C26H35N3O3. The minimum absolute atomic E-state index is 0.0744. The Kier molecular flexibility index (Phi) is 7.87. The maximum atomic E-state index is 13.5. The first-order chi connectivity index (χ1) is 15.7. The zero-order valence-electron chi connectivity index (χ0n) is 18.8. The zero-order valence-corrected chi connectivity index (χ0v) is 18.8. The Labute approximate surface area is 190 Å². The van der Waals surface area contributed by atoms with E-state index in [2.05, 4.69) is 15.3 Å². The molecule has 6 heteroatoms. The van der Waals surface area contributed by atoms with Gasteiger partial charge in [-0.2, -0.15) is 0 Å². The second-order valence-electron chi connectivity index (χ2n) is 9.30. The SMILES string of the molecule is O=C(OCC(CC1CCNCC1)c1ncccn1)C(O)(c1ccccc1)C1CCCCC1. The van der Waals surface area contributed by atoms with E-state index in [9.17, 15) is 9.90 Å². The van der Waals surface area contributed by atoms with Crippen LogP contribution in [0.15, 0.2) is 48.8 Å². The fourth-order valence-electron chi connectivity index (χ4n) is 5.31. The second kappa shape index (κ2) is 11.0. The Morgan fingerprint density at radius 1 is 1.03 bits per heavy atom. The van der Waals surface area contributed by atoms with Crippen molar-refractivity contribution in [2.75, 3.05) is 19.7 Å². The molecule has 4 rings (SSSR count). The lowest BCUT2D eigenvalue weighted by Gasteiger charge is -2.37. The highest BCUT2D eigenvalue weighted by Gasteiger charge is 2.47. The minimum atomic E-state index is -1.61. The third-order valence-corrected chi connectivity index (χ3v) is 7.16. The van der Waals surface area contributed by atoms with E-state index in [1.807, 2.05) is 30.3 Å². The maximum Gasteiger partial charge on any atom is 0.343 e. The fraction of sp³-hybridized carbons (Fsp3) is 0.577. The zero-order chi connectivity index (χ0) is 22.2. The summed E-state index contributed by atoms with van der Waals surface area (Å²) in [7, 11) is 0. The molecule has 2 heterocycles. The summed E-state index contributed by atoms with van der Waals surface area (Å²) in [5.74, 6) is 0.522. The molecule has 2 aliphatic rings. The van der Waals surface area contributed by atoms with Gasteiger partial charge in [-0.25, -0.2) is 14.8 Å². The minimum Gasteiger partial charge on any atom is -0.463 e. The lowest BCUT2D eigenvalue weighted by Crippen LogP contribution is -2.45. The van der Waals surface area contributed by atoms with Crippen LogP contribution in [-0.4, -0.2) is 40.7 Å². The number of aromatic nitrogens is 2. The van der Waals surface area contributed by atoms with Crippen molar-refractivity contribution in [1.29, 1.82) is 0 Å². The molecule has 0 bridgehead atoms. The number of hydrogen-bond donors (Lipinski definition) is 2. The quantitative estimate of drug-likeness (QED) is 0.608. The summed E-state index contributed by atoms with van der Waals surface area (Å²) in [4.78, 5) is 22.4. The number of hydrogen-bond acceptors (Lipinski definition) is 6. The number of piperidine rings is 1. The molecule has 2 atom stereocenters. The van der Waals surface area contributed by atoms with Crippen LogP contribution in [0.1, 0.15) is 68.7 Å². The molecule has 2 aromatic rings. The van der Waals surface area contributed by atoms with Gasteiger partial charge < -0.3 is 15.2 Å². The highest BCUT2D eigenvalue weighted by Crippen LogP contribution is 2.40. The van der Waals surface area contributed by atoms with Crippen LogP contribution in [0.3, 0.4) is 0 Å². The van der Waals surface area contributed by atoms with Gasteiger partial charge in [-0.05, 0) is 62.7 Å². The third-order valence-electron chi connectivity index (χ3n) is 7.16. The van der Waals surface area contributed by atoms with Crippen molar-refractivity contribution in [3.63, 3.8) is 0 Å². The van der Waals surface area contributed by atoms with Crippen molar-refractivity contribution in [2.45, 2.75) is 62.9 Å².